The number of hydrogen-bond acceptors (Lipinski definition) is 2. The highest BCUT2D eigenvalue weighted by Crippen LogP contribution is 2.30. The van der Waals surface area contributed by atoms with Crippen LogP contribution in [-0.2, 0) is 6.61 Å². The molecule has 0 radical (unpaired) electrons. The molecule has 0 aliphatic rings. The third-order valence-electron chi connectivity index (χ3n) is 2.45. The Hall–Kier alpha value is -1.55. The fourth-order valence-electron chi connectivity index (χ4n) is 1.55. The van der Waals surface area contributed by atoms with Gasteiger partial charge in [-0.05, 0) is 24.0 Å². The van der Waals surface area contributed by atoms with Crippen LogP contribution in [0.2, 0.25) is 0 Å². The van der Waals surface area contributed by atoms with E-state index in [1.807, 2.05) is 30.3 Å². The van der Waals surface area contributed by atoms with Crippen molar-refractivity contribution in [2.24, 2.45) is 0 Å². The predicted molar refractivity (Wildman–Crippen MR) is 68.9 cm³/mol. The van der Waals surface area contributed by atoms with Gasteiger partial charge in [0.1, 0.15) is 12.4 Å². The lowest BCUT2D eigenvalue weighted by atomic mass is 10.2. The molecule has 0 amide bonds. The molecule has 0 aromatic heterocycles. The highest BCUT2D eigenvalue weighted by molar-refractivity contribution is 7.98. The van der Waals surface area contributed by atoms with Gasteiger partial charge in [0.05, 0.1) is 4.90 Å². The molecule has 1 nitrogen and oxygen atoms in total. The molecule has 0 bridgehead atoms. The summed E-state index contributed by atoms with van der Waals surface area (Å²) in [5.41, 5.74) is 0.937. The second-order valence-electron chi connectivity index (χ2n) is 3.67. The molecule has 0 saturated heterocycles. The summed E-state index contributed by atoms with van der Waals surface area (Å²) in [6, 6.07) is 12.0. The fourth-order valence-corrected chi connectivity index (χ4v) is 2.09. The average Bonchev–Trinajstić information content (AvgIpc) is 2.40. The van der Waals surface area contributed by atoms with Crippen LogP contribution in [0.1, 0.15) is 5.56 Å². The Kier molecular flexibility index (Phi) is 4.20. The van der Waals surface area contributed by atoms with E-state index in [4.69, 9.17) is 4.74 Å². The molecule has 4 heteroatoms. The average molecular weight is 266 g/mol. The van der Waals surface area contributed by atoms with Gasteiger partial charge in [-0.1, -0.05) is 30.3 Å². The molecule has 94 valence electrons. The van der Waals surface area contributed by atoms with Crippen LogP contribution in [-0.4, -0.2) is 6.26 Å². The van der Waals surface area contributed by atoms with E-state index in [1.165, 1.54) is 12.1 Å². The summed E-state index contributed by atoms with van der Waals surface area (Å²) >= 11 is 1.03. The van der Waals surface area contributed by atoms with Crippen LogP contribution in [0.3, 0.4) is 0 Å². The van der Waals surface area contributed by atoms with Crippen LogP contribution < -0.4 is 4.74 Å². The highest BCUT2D eigenvalue weighted by Gasteiger charge is 2.13. The van der Waals surface area contributed by atoms with Crippen LogP contribution in [0.4, 0.5) is 8.78 Å². The lowest BCUT2D eigenvalue weighted by Gasteiger charge is -2.09. The molecular formula is C14H12F2OS. The summed E-state index contributed by atoms with van der Waals surface area (Å²) < 4.78 is 32.5. The summed E-state index contributed by atoms with van der Waals surface area (Å²) in [5.74, 6) is -1.13. The van der Waals surface area contributed by atoms with Crippen LogP contribution in [0.15, 0.2) is 47.4 Å². The maximum absolute atomic E-state index is 13.9. The number of thioether (sulfide) groups is 1. The van der Waals surface area contributed by atoms with Crippen molar-refractivity contribution >= 4 is 11.8 Å². The van der Waals surface area contributed by atoms with Gasteiger partial charge in [-0.15, -0.1) is 11.8 Å². The van der Waals surface area contributed by atoms with Gasteiger partial charge in [-0.3, -0.25) is 0 Å². The van der Waals surface area contributed by atoms with Crippen molar-refractivity contribution < 1.29 is 13.5 Å². The summed E-state index contributed by atoms with van der Waals surface area (Å²) in [6.45, 7) is 0.261. The molecule has 2 rings (SSSR count). The normalized spacial score (nSPS) is 10.4. The van der Waals surface area contributed by atoms with Crippen molar-refractivity contribution in [1.29, 1.82) is 0 Å². The Labute approximate surface area is 109 Å². The van der Waals surface area contributed by atoms with Crippen molar-refractivity contribution in [2.45, 2.75) is 11.5 Å². The zero-order valence-electron chi connectivity index (χ0n) is 9.82. The topological polar surface area (TPSA) is 9.23 Å². The van der Waals surface area contributed by atoms with E-state index < -0.39 is 11.6 Å². The molecule has 2 aromatic rings. The van der Waals surface area contributed by atoms with Crippen molar-refractivity contribution in [1.82, 2.24) is 0 Å². The van der Waals surface area contributed by atoms with Crippen molar-refractivity contribution in [3.63, 3.8) is 0 Å². The van der Waals surface area contributed by atoms with E-state index in [1.54, 1.807) is 6.26 Å². The molecule has 0 fully saturated rings. The van der Waals surface area contributed by atoms with Gasteiger partial charge in [0, 0.05) is 0 Å². The molecule has 0 atom stereocenters. The first kappa shape index (κ1) is 12.9. The Morgan fingerprint density at radius 2 is 1.78 bits per heavy atom. The minimum absolute atomic E-state index is 0.0134. The third kappa shape index (κ3) is 2.82. The van der Waals surface area contributed by atoms with Crippen molar-refractivity contribution in [3.8, 4) is 5.75 Å². The standard InChI is InChI=1S/C14H12F2OS/c1-18-14-11(15)7-8-12(13(14)16)17-9-10-5-3-2-4-6-10/h2-8H,9H2,1H3. The second-order valence-corrected chi connectivity index (χ2v) is 4.48. The molecule has 0 aliphatic heterocycles. The fraction of sp³-hybridized carbons (Fsp3) is 0.143. The highest BCUT2D eigenvalue weighted by atomic mass is 32.2. The first-order chi connectivity index (χ1) is 8.72. The van der Waals surface area contributed by atoms with E-state index in [9.17, 15) is 8.78 Å². The van der Waals surface area contributed by atoms with E-state index >= 15 is 0 Å². The van der Waals surface area contributed by atoms with Crippen molar-refractivity contribution in [2.75, 3.05) is 6.26 Å². The van der Waals surface area contributed by atoms with Gasteiger partial charge in [0.2, 0.25) is 0 Å². The number of rotatable bonds is 4. The third-order valence-corrected chi connectivity index (χ3v) is 3.24. The largest absolute Gasteiger partial charge is 0.486 e. The van der Waals surface area contributed by atoms with Crippen LogP contribution in [0, 0.1) is 11.6 Å². The molecular weight excluding hydrogens is 254 g/mol. The first-order valence-electron chi connectivity index (χ1n) is 5.41. The van der Waals surface area contributed by atoms with Gasteiger partial charge in [0.15, 0.2) is 11.6 Å². The summed E-state index contributed by atoms with van der Waals surface area (Å²) in [7, 11) is 0. The summed E-state index contributed by atoms with van der Waals surface area (Å²) in [6.07, 6.45) is 1.63. The SMILES string of the molecule is CSc1c(F)ccc(OCc2ccccc2)c1F. The monoisotopic (exact) mass is 266 g/mol. The minimum atomic E-state index is -0.640. The van der Waals surface area contributed by atoms with E-state index in [0.29, 0.717) is 0 Å². The zero-order valence-corrected chi connectivity index (χ0v) is 10.6. The van der Waals surface area contributed by atoms with Crippen LogP contribution in [0.25, 0.3) is 0 Å². The molecule has 0 aliphatic carbocycles. The lowest BCUT2D eigenvalue weighted by Crippen LogP contribution is -1.99. The van der Waals surface area contributed by atoms with Gasteiger partial charge >= 0.3 is 0 Å². The maximum atomic E-state index is 13.9. The molecule has 0 N–H and O–H groups in total. The quantitative estimate of drug-likeness (QED) is 0.764. The van der Waals surface area contributed by atoms with E-state index in [2.05, 4.69) is 0 Å². The molecule has 2 aromatic carbocycles. The molecule has 0 saturated carbocycles. The Morgan fingerprint density at radius 3 is 2.44 bits per heavy atom. The van der Waals surface area contributed by atoms with Gasteiger partial charge in [-0.2, -0.15) is 0 Å². The smallest absolute Gasteiger partial charge is 0.181 e. The predicted octanol–water partition coefficient (Wildman–Crippen LogP) is 4.27. The second kappa shape index (κ2) is 5.87. The summed E-state index contributed by atoms with van der Waals surface area (Å²) in [4.78, 5) is -0.0134. The summed E-state index contributed by atoms with van der Waals surface area (Å²) in [5, 5.41) is 0. The Balaban J connectivity index is 2.15. The molecule has 18 heavy (non-hydrogen) atoms. The Morgan fingerprint density at radius 1 is 1.06 bits per heavy atom. The number of halogens is 2. The van der Waals surface area contributed by atoms with Crippen LogP contribution in [0.5, 0.6) is 5.75 Å². The lowest BCUT2D eigenvalue weighted by molar-refractivity contribution is 0.286. The van der Waals surface area contributed by atoms with E-state index in [0.717, 1.165) is 17.3 Å². The number of benzene rings is 2. The van der Waals surface area contributed by atoms with Gasteiger partial charge < -0.3 is 4.74 Å². The van der Waals surface area contributed by atoms with E-state index in [-0.39, 0.29) is 17.3 Å². The van der Waals surface area contributed by atoms with Gasteiger partial charge in [-0.25, -0.2) is 8.78 Å². The molecule has 0 heterocycles. The molecule has 0 unspecified atom stereocenters. The van der Waals surface area contributed by atoms with Gasteiger partial charge in [0.25, 0.3) is 0 Å². The van der Waals surface area contributed by atoms with Crippen LogP contribution >= 0.6 is 11.8 Å². The first-order valence-corrected chi connectivity index (χ1v) is 6.63. The zero-order chi connectivity index (χ0) is 13.0. The van der Waals surface area contributed by atoms with Crippen molar-refractivity contribution in [3.05, 3.63) is 59.7 Å². The maximum Gasteiger partial charge on any atom is 0.181 e. The minimum Gasteiger partial charge on any atom is -0.486 e. The number of hydrogen-bond donors (Lipinski definition) is 0. The molecule has 0 spiro atoms. The number of ether oxygens (including phenoxy) is 1. The Bertz CT molecular complexity index is 529.